The number of carbonyl (C=O) groups is 1. The van der Waals surface area contributed by atoms with E-state index in [1.54, 1.807) is 24.3 Å². The van der Waals surface area contributed by atoms with Gasteiger partial charge in [-0.3, -0.25) is 0 Å². The molecule has 0 spiro atoms. The quantitative estimate of drug-likeness (QED) is 0.779. The van der Waals surface area contributed by atoms with Gasteiger partial charge >= 0.3 is 5.97 Å². The summed E-state index contributed by atoms with van der Waals surface area (Å²) in [6.07, 6.45) is 0. The second-order valence-electron chi connectivity index (χ2n) is 3.69. The van der Waals surface area contributed by atoms with E-state index in [-0.39, 0.29) is 6.61 Å². The van der Waals surface area contributed by atoms with Crippen molar-refractivity contribution in [3.8, 4) is 0 Å². The van der Waals surface area contributed by atoms with Crippen LogP contribution in [0.5, 0.6) is 0 Å². The maximum Gasteiger partial charge on any atom is 0.339 e. The first-order valence-electron chi connectivity index (χ1n) is 5.33. The van der Waals surface area contributed by atoms with Gasteiger partial charge in [-0.15, -0.1) is 0 Å². The molecule has 0 amide bonds. The average Bonchev–Trinajstić information content (AvgIpc) is 2.37. The molecule has 0 radical (unpaired) electrons. The summed E-state index contributed by atoms with van der Waals surface area (Å²) in [6, 6.07) is 14.4. The molecule has 0 heterocycles. The smallest absolute Gasteiger partial charge is 0.339 e. The first-order valence-corrected chi connectivity index (χ1v) is 6.50. The molecule has 0 atom stereocenters. The summed E-state index contributed by atoms with van der Waals surface area (Å²) in [6.45, 7) is 0.226. The third-order valence-corrected chi connectivity index (χ3v) is 3.18. The minimum Gasteiger partial charge on any atom is -0.457 e. The maximum atomic E-state index is 11.8. The number of rotatable bonds is 3. The van der Waals surface area contributed by atoms with Gasteiger partial charge in [-0.05, 0) is 29.8 Å². The van der Waals surface area contributed by atoms with Crippen LogP contribution in [0.4, 0.5) is 0 Å². The Balaban J connectivity index is 2.03. The second-order valence-corrected chi connectivity index (χ2v) is 5.01. The van der Waals surface area contributed by atoms with Gasteiger partial charge < -0.3 is 4.74 Å². The molecule has 0 aliphatic rings. The summed E-state index contributed by atoms with van der Waals surface area (Å²) >= 11 is 9.28. The zero-order valence-corrected chi connectivity index (χ0v) is 11.7. The van der Waals surface area contributed by atoms with Gasteiger partial charge in [-0.2, -0.15) is 0 Å². The lowest BCUT2D eigenvalue weighted by Gasteiger charge is -2.06. The van der Waals surface area contributed by atoms with E-state index in [1.165, 1.54) is 0 Å². The summed E-state index contributed by atoms with van der Waals surface area (Å²) in [5.41, 5.74) is 1.30. The Morgan fingerprint density at radius 2 is 1.94 bits per heavy atom. The topological polar surface area (TPSA) is 26.3 Å². The van der Waals surface area contributed by atoms with Gasteiger partial charge in [0, 0.05) is 4.47 Å². The van der Waals surface area contributed by atoms with Crippen molar-refractivity contribution in [1.29, 1.82) is 0 Å². The fourth-order valence-electron chi connectivity index (χ4n) is 1.48. The van der Waals surface area contributed by atoms with Gasteiger partial charge in [0.15, 0.2) is 0 Å². The molecule has 0 fully saturated rings. The van der Waals surface area contributed by atoms with Crippen molar-refractivity contribution < 1.29 is 9.53 Å². The molecular formula is C14H10BrClO2. The zero-order chi connectivity index (χ0) is 13.0. The van der Waals surface area contributed by atoms with Crippen molar-refractivity contribution in [2.24, 2.45) is 0 Å². The van der Waals surface area contributed by atoms with Crippen molar-refractivity contribution in [2.75, 3.05) is 0 Å². The van der Waals surface area contributed by atoms with Crippen LogP contribution >= 0.6 is 27.5 Å². The van der Waals surface area contributed by atoms with Crippen LogP contribution in [0.25, 0.3) is 0 Å². The van der Waals surface area contributed by atoms with Crippen LogP contribution < -0.4 is 0 Å². The van der Waals surface area contributed by atoms with E-state index >= 15 is 0 Å². The SMILES string of the molecule is O=C(OCc1cccc(Br)c1)c1ccccc1Cl. The molecule has 0 saturated carbocycles. The highest BCUT2D eigenvalue weighted by molar-refractivity contribution is 9.10. The van der Waals surface area contributed by atoms with Crippen LogP contribution in [-0.4, -0.2) is 5.97 Å². The Bertz CT molecular complexity index is 569. The molecule has 0 N–H and O–H groups in total. The van der Waals surface area contributed by atoms with Crippen molar-refractivity contribution in [2.45, 2.75) is 6.61 Å². The van der Waals surface area contributed by atoms with E-state index in [9.17, 15) is 4.79 Å². The molecule has 2 nitrogen and oxygen atoms in total. The molecule has 0 aliphatic heterocycles. The van der Waals surface area contributed by atoms with Gasteiger partial charge in [0.25, 0.3) is 0 Å². The Labute approximate surface area is 119 Å². The molecule has 2 rings (SSSR count). The zero-order valence-electron chi connectivity index (χ0n) is 9.40. The van der Waals surface area contributed by atoms with E-state index in [0.29, 0.717) is 10.6 Å². The molecule has 2 aromatic rings. The van der Waals surface area contributed by atoms with E-state index in [2.05, 4.69) is 15.9 Å². The molecule has 18 heavy (non-hydrogen) atoms. The predicted molar refractivity (Wildman–Crippen MR) is 74.7 cm³/mol. The molecule has 0 aromatic heterocycles. The van der Waals surface area contributed by atoms with Crippen LogP contribution in [-0.2, 0) is 11.3 Å². The number of hydrogen-bond acceptors (Lipinski definition) is 2. The van der Waals surface area contributed by atoms with E-state index in [0.717, 1.165) is 10.0 Å². The number of benzene rings is 2. The molecule has 0 saturated heterocycles. The van der Waals surface area contributed by atoms with Crippen LogP contribution in [0.3, 0.4) is 0 Å². The molecule has 4 heteroatoms. The largest absolute Gasteiger partial charge is 0.457 e. The van der Waals surface area contributed by atoms with E-state index < -0.39 is 5.97 Å². The van der Waals surface area contributed by atoms with Crippen LogP contribution in [0.1, 0.15) is 15.9 Å². The Kier molecular flexibility index (Phi) is 4.39. The highest BCUT2D eigenvalue weighted by atomic mass is 79.9. The van der Waals surface area contributed by atoms with Gasteiger partial charge in [0.1, 0.15) is 6.61 Å². The van der Waals surface area contributed by atoms with Crippen molar-refractivity contribution in [3.63, 3.8) is 0 Å². The molecular weight excluding hydrogens is 316 g/mol. The molecule has 0 unspecified atom stereocenters. The summed E-state index contributed by atoms with van der Waals surface area (Å²) < 4.78 is 6.16. The van der Waals surface area contributed by atoms with Crippen LogP contribution in [0.15, 0.2) is 53.0 Å². The number of halogens is 2. The minimum absolute atomic E-state index is 0.226. The predicted octanol–water partition coefficient (Wildman–Crippen LogP) is 4.46. The summed E-state index contributed by atoms with van der Waals surface area (Å²) in [7, 11) is 0. The second kappa shape index (κ2) is 6.03. The first kappa shape index (κ1) is 13.1. The lowest BCUT2D eigenvalue weighted by Crippen LogP contribution is -2.05. The standard InChI is InChI=1S/C14H10BrClO2/c15-11-5-3-4-10(8-11)9-18-14(17)12-6-1-2-7-13(12)16/h1-8H,9H2. The van der Waals surface area contributed by atoms with Gasteiger partial charge in [0.2, 0.25) is 0 Å². The number of esters is 1. The fourth-order valence-corrected chi connectivity index (χ4v) is 2.14. The molecule has 0 aliphatic carbocycles. The highest BCUT2D eigenvalue weighted by Gasteiger charge is 2.10. The Morgan fingerprint density at radius 3 is 2.67 bits per heavy atom. The lowest BCUT2D eigenvalue weighted by molar-refractivity contribution is 0.0473. The number of carbonyl (C=O) groups excluding carboxylic acids is 1. The van der Waals surface area contributed by atoms with Crippen LogP contribution in [0, 0.1) is 0 Å². The van der Waals surface area contributed by atoms with E-state index in [4.69, 9.17) is 16.3 Å². The third-order valence-electron chi connectivity index (χ3n) is 2.35. The highest BCUT2D eigenvalue weighted by Crippen LogP contribution is 2.17. The summed E-state index contributed by atoms with van der Waals surface area (Å²) in [5, 5.41) is 0.400. The lowest BCUT2D eigenvalue weighted by atomic mass is 10.2. The number of ether oxygens (including phenoxy) is 1. The van der Waals surface area contributed by atoms with Gasteiger partial charge in [-0.25, -0.2) is 4.79 Å². The van der Waals surface area contributed by atoms with E-state index in [1.807, 2.05) is 24.3 Å². The van der Waals surface area contributed by atoms with Gasteiger partial charge in [-0.1, -0.05) is 51.8 Å². The Morgan fingerprint density at radius 1 is 1.17 bits per heavy atom. The fraction of sp³-hybridized carbons (Fsp3) is 0.0714. The number of hydrogen-bond donors (Lipinski definition) is 0. The van der Waals surface area contributed by atoms with Crippen molar-refractivity contribution >= 4 is 33.5 Å². The first-order chi connectivity index (χ1) is 8.66. The summed E-state index contributed by atoms with van der Waals surface area (Å²) in [5.74, 6) is -0.416. The van der Waals surface area contributed by atoms with Gasteiger partial charge in [0.05, 0.1) is 10.6 Å². The minimum atomic E-state index is -0.416. The monoisotopic (exact) mass is 324 g/mol. The van der Waals surface area contributed by atoms with Crippen LogP contribution in [0.2, 0.25) is 5.02 Å². The molecule has 2 aromatic carbocycles. The maximum absolute atomic E-state index is 11.8. The third kappa shape index (κ3) is 3.34. The van der Waals surface area contributed by atoms with Crippen molar-refractivity contribution in [3.05, 3.63) is 69.2 Å². The average molecular weight is 326 g/mol. The van der Waals surface area contributed by atoms with Crippen molar-refractivity contribution in [1.82, 2.24) is 0 Å². The summed E-state index contributed by atoms with van der Waals surface area (Å²) in [4.78, 5) is 11.8. The normalized spacial score (nSPS) is 10.1. The molecule has 0 bridgehead atoms. The molecule has 92 valence electrons. The Hall–Kier alpha value is -1.32.